The van der Waals surface area contributed by atoms with Gasteiger partial charge in [0, 0.05) is 31.0 Å². The molecule has 2 N–H and O–H groups in total. The summed E-state index contributed by atoms with van der Waals surface area (Å²) in [6.45, 7) is 3.20. The standard InChI is InChI=1S/C15H17N5O/c1-10-19-13-12(5-9-18-15(13)21)14(20-10)17-8-4-11-2-6-16-7-3-11/h2-3,6-7H,4-5,8-9H2,1H3,(H,18,21)(H,17,19,20). The van der Waals surface area contributed by atoms with Gasteiger partial charge in [-0.25, -0.2) is 9.97 Å². The molecular weight excluding hydrogens is 266 g/mol. The number of hydrogen-bond donors (Lipinski definition) is 2. The summed E-state index contributed by atoms with van der Waals surface area (Å²) in [4.78, 5) is 24.5. The van der Waals surface area contributed by atoms with Gasteiger partial charge in [-0.1, -0.05) is 0 Å². The fourth-order valence-corrected chi connectivity index (χ4v) is 2.43. The zero-order chi connectivity index (χ0) is 14.7. The van der Waals surface area contributed by atoms with E-state index in [9.17, 15) is 4.79 Å². The molecule has 1 aliphatic heterocycles. The van der Waals surface area contributed by atoms with E-state index in [0.717, 1.165) is 30.8 Å². The van der Waals surface area contributed by atoms with Gasteiger partial charge in [0.2, 0.25) is 0 Å². The van der Waals surface area contributed by atoms with Crippen LogP contribution in [0.5, 0.6) is 0 Å². The predicted octanol–water partition coefficient (Wildman–Crippen LogP) is 1.12. The number of rotatable bonds is 4. The summed E-state index contributed by atoms with van der Waals surface area (Å²) >= 11 is 0. The quantitative estimate of drug-likeness (QED) is 0.879. The van der Waals surface area contributed by atoms with Crippen LogP contribution in [0.3, 0.4) is 0 Å². The van der Waals surface area contributed by atoms with Crippen molar-refractivity contribution in [3.8, 4) is 0 Å². The van der Waals surface area contributed by atoms with E-state index in [0.29, 0.717) is 18.1 Å². The van der Waals surface area contributed by atoms with Crippen molar-refractivity contribution in [1.29, 1.82) is 0 Å². The lowest BCUT2D eigenvalue weighted by molar-refractivity contribution is 0.0940. The maximum atomic E-state index is 11.8. The summed E-state index contributed by atoms with van der Waals surface area (Å²) in [6, 6.07) is 3.99. The smallest absolute Gasteiger partial charge is 0.270 e. The van der Waals surface area contributed by atoms with E-state index < -0.39 is 0 Å². The SMILES string of the molecule is Cc1nc(NCCc2ccncc2)c2c(n1)C(=O)NCC2. The molecule has 6 heteroatoms. The van der Waals surface area contributed by atoms with E-state index in [1.165, 1.54) is 5.56 Å². The van der Waals surface area contributed by atoms with Crippen LogP contribution in [0.4, 0.5) is 5.82 Å². The van der Waals surface area contributed by atoms with E-state index in [1.54, 1.807) is 19.3 Å². The molecule has 0 aromatic carbocycles. The van der Waals surface area contributed by atoms with E-state index in [4.69, 9.17) is 0 Å². The van der Waals surface area contributed by atoms with Gasteiger partial charge in [-0.2, -0.15) is 0 Å². The Balaban J connectivity index is 1.75. The molecule has 0 spiro atoms. The number of aryl methyl sites for hydroxylation is 1. The normalized spacial score (nSPS) is 13.5. The number of carbonyl (C=O) groups is 1. The lowest BCUT2D eigenvalue weighted by Gasteiger charge is -2.19. The van der Waals surface area contributed by atoms with Crippen LogP contribution in [0.25, 0.3) is 0 Å². The molecule has 21 heavy (non-hydrogen) atoms. The second kappa shape index (κ2) is 5.87. The fraction of sp³-hybridized carbons (Fsp3) is 0.333. The van der Waals surface area contributed by atoms with Gasteiger partial charge in [0.25, 0.3) is 5.91 Å². The molecule has 0 unspecified atom stereocenters. The number of nitrogens with one attached hydrogen (secondary N) is 2. The van der Waals surface area contributed by atoms with Gasteiger partial charge >= 0.3 is 0 Å². The maximum Gasteiger partial charge on any atom is 0.270 e. The average molecular weight is 283 g/mol. The largest absolute Gasteiger partial charge is 0.369 e. The molecule has 0 radical (unpaired) electrons. The average Bonchev–Trinajstić information content (AvgIpc) is 2.49. The van der Waals surface area contributed by atoms with Crippen molar-refractivity contribution in [2.24, 2.45) is 0 Å². The van der Waals surface area contributed by atoms with E-state index in [-0.39, 0.29) is 5.91 Å². The van der Waals surface area contributed by atoms with Gasteiger partial charge in [0.1, 0.15) is 17.3 Å². The topological polar surface area (TPSA) is 79.8 Å². The summed E-state index contributed by atoms with van der Waals surface area (Å²) in [5, 5.41) is 6.14. The van der Waals surface area contributed by atoms with Gasteiger partial charge in [-0.05, 0) is 37.5 Å². The molecule has 0 fully saturated rings. The van der Waals surface area contributed by atoms with E-state index >= 15 is 0 Å². The van der Waals surface area contributed by atoms with Crippen molar-refractivity contribution in [1.82, 2.24) is 20.3 Å². The zero-order valence-electron chi connectivity index (χ0n) is 11.9. The predicted molar refractivity (Wildman–Crippen MR) is 79.2 cm³/mol. The van der Waals surface area contributed by atoms with Crippen molar-refractivity contribution in [3.63, 3.8) is 0 Å². The van der Waals surface area contributed by atoms with E-state index in [2.05, 4.69) is 25.6 Å². The van der Waals surface area contributed by atoms with Crippen LogP contribution < -0.4 is 10.6 Å². The number of aromatic nitrogens is 3. The molecule has 2 aromatic heterocycles. The molecule has 108 valence electrons. The molecule has 1 amide bonds. The Labute approximate surface area is 123 Å². The number of carbonyl (C=O) groups excluding carboxylic acids is 1. The van der Waals surface area contributed by atoms with Crippen LogP contribution in [0.2, 0.25) is 0 Å². The molecular formula is C15H17N5O. The number of fused-ring (bicyclic) bond motifs is 1. The molecule has 0 saturated heterocycles. The van der Waals surface area contributed by atoms with Gasteiger partial charge in [0.15, 0.2) is 0 Å². The lowest BCUT2D eigenvalue weighted by Crippen LogP contribution is -2.34. The monoisotopic (exact) mass is 283 g/mol. The minimum Gasteiger partial charge on any atom is -0.369 e. The summed E-state index contributed by atoms with van der Waals surface area (Å²) in [6.07, 6.45) is 5.22. The van der Waals surface area contributed by atoms with Crippen molar-refractivity contribution >= 4 is 11.7 Å². The Morgan fingerprint density at radius 2 is 2.10 bits per heavy atom. The van der Waals surface area contributed by atoms with Crippen LogP contribution >= 0.6 is 0 Å². The minimum atomic E-state index is -0.112. The maximum absolute atomic E-state index is 11.8. The molecule has 1 aliphatic rings. The first kappa shape index (κ1) is 13.5. The molecule has 0 saturated carbocycles. The summed E-state index contributed by atoms with van der Waals surface area (Å²) in [5.74, 6) is 1.28. The molecule has 0 atom stereocenters. The number of pyridine rings is 1. The third-order valence-corrected chi connectivity index (χ3v) is 3.45. The van der Waals surface area contributed by atoms with Gasteiger partial charge in [-0.3, -0.25) is 9.78 Å². The van der Waals surface area contributed by atoms with Crippen LogP contribution in [0.15, 0.2) is 24.5 Å². The van der Waals surface area contributed by atoms with Gasteiger partial charge in [0.05, 0.1) is 0 Å². The number of amides is 1. The summed E-state index contributed by atoms with van der Waals surface area (Å²) in [5.41, 5.74) is 2.63. The van der Waals surface area contributed by atoms with Crippen LogP contribution in [-0.2, 0) is 12.8 Å². The van der Waals surface area contributed by atoms with Crippen molar-refractivity contribution < 1.29 is 4.79 Å². The number of nitrogens with zero attached hydrogens (tertiary/aromatic N) is 3. The lowest BCUT2D eigenvalue weighted by atomic mass is 10.1. The molecule has 3 rings (SSSR count). The Bertz CT molecular complexity index is 657. The van der Waals surface area contributed by atoms with Crippen LogP contribution in [-0.4, -0.2) is 33.9 Å². The minimum absolute atomic E-state index is 0.112. The molecule has 0 aliphatic carbocycles. The Hall–Kier alpha value is -2.50. The molecule has 3 heterocycles. The second-order valence-corrected chi connectivity index (χ2v) is 4.98. The Kier molecular flexibility index (Phi) is 3.77. The van der Waals surface area contributed by atoms with Crippen molar-refractivity contribution in [3.05, 3.63) is 47.2 Å². The highest BCUT2D eigenvalue weighted by atomic mass is 16.1. The van der Waals surface area contributed by atoms with Gasteiger partial charge in [-0.15, -0.1) is 0 Å². The van der Waals surface area contributed by atoms with Crippen molar-refractivity contribution in [2.45, 2.75) is 19.8 Å². The van der Waals surface area contributed by atoms with E-state index in [1.807, 2.05) is 12.1 Å². The zero-order valence-corrected chi connectivity index (χ0v) is 11.9. The Morgan fingerprint density at radius 1 is 1.29 bits per heavy atom. The molecule has 2 aromatic rings. The summed E-state index contributed by atoms with van der Waals surface area (Å²) < 4.78 is 0. The number of anilines is 1. The first-order valence-corrected chi connectivity index (χ1v) is 7.02. The third-order valence-electron chi connectivity index (χ3n) is 3.45. The molecule has 6 nitrogen and oxygen atoms in total. The van der Waals surface area contributed by atoms with Gasteiger partial charge < -0.3 is 10.6 Å². The molecule has 0 bridgehead atoms. The number of hydrogen-bond acceptors (Lipinski definition) is 5. The highest BCUT2D eigenvalue weighted by Gasteiger charge is 2.22. The Morgan fingerprint density at radius 3 is 2.90 bits per heavy atom. The third kappa shape index (κ3) is 2.99. The summed E-state index contributed by atoms with van der Waals surface area (Å²) in [7, 11) is 0. The van der Waals surface area contributed by atoms with Crippen LogP contribution in [0, 0.1) is 6.92 Å². The van der Waals surface area contributed by atoms with Crippen LogP contribution in [0.1, 0.15) is 27.4 Å². The first-order valence-electron chi connectivity index (χ1n) is 7.02. The first-order chi connectivity index (χ1) is 10.2. The van der Waals surface area contributed by atoms with Crippen molar-refractivity contribution in [2.75, 3.05) is 18.4 Å². The second-order valence-electron chi connectivity index (χ2n) is 4.98. The highest BCUT2D eigenvalue weighted by Crippen LogP contribution is 2.20. The fourth-order valence-electron chi connectivity index (χ4n) is 2.43. The highest BCUT2D eigenvalue weighted by molar-refractivity contribution is 5.95.